The van der Waals surface area contributed by atoms with Gasteiger partial charge in [-0.15, -0.1) is 0 Å². The van der Waals surface area contributed by atoms with Crippen molar-refractivity contribution in [3.05, 3.63) is 17.5 Å². The van der Waals surface area contributed by atoms with Gasteiger partial charge in [0.2, 0.25) is 0 Å². The standard InChI is InChI=1S/C19H34N4O2/c1-5-16(6-2)18-11-17(25-22-18)12-21-19(20-7-3)23-10-9-15(13-23)14-24-8-4/h11,15-16H,5-10,12-14H2,1-4H3,(H,20,21). The first-order valence-corrected chi connectivity index (χ1v) is 9.78. The predicted octanol–water partition coefficient (Wildman–Crippen LogP) is 3.40. The molecule has 6 heteroatoms. The Bertz CT molecular complexity index is 525. The summed E-state index contributed by atoms with van der Waals surface area (Å²) in [7, 11) is 0. The number of aromatic nitrogens is 1. The topological polar surface area (TPSA) is 62.9 Å². The summed E-state index contributed by atoms with van der Waals surface area (Å²) in [6, 6.07) is 2.06. The minimum atomic E-state index is 0.479. The van der Waals surface area contributed by atoms with E-state index in [9.17, 15) is 0 Å². The lowest BCUT2D eigenvalue weighted by atomic mass is 9.99. The molecule has 0 saturated carbocycles. The lowest BCUT2D eigenvalue weighted by Crippen LogP contribution is -2.40. The summed E-state index contributed by atoms with van der Waals surface area (Å²) in [5, 5.41) is 7.63. The lowest BCUT2D eigenvalue weighted by molar-refractivity contribution is 0.114. The van der Waals surface area contributed by atoms with Gasteiger partial charge in [0.15, 0.2) is 11.7 Å². The van der Waals surface area contributed by atoms with Gasteiger partial charge in [0.25, 0.3) is 0 Å². The van der Waals surface area contributed by atoms with Crippen molar-refractivity contribution in [2.24, 2.45) is 10.9 Å². The molecule has 1 fully saturated rings. The van der Waals surface area contributed by atoms with E-state index in [1.807, 2.05) is 6.92 Å². The highest BCUT2D eigenvalue weighted by Gasteiger charge is 2.25. The molecule has 0 radical (unpaired) electrons. The summed E-state index contributed by atoms with van der Waals surface area (Å²) in [6.45, 7) is 13.6. The van der Waals surface area contributed by atoms with E-state index < -0.39 is 0 Å². The fraction of sp³-hybridized carbons (Fsp3) is 0.789. The van der Waals surface area contributed by atoms with Gasteiger partial charge in [0.05, 0.1) is 12.3 Å². The smallest absolute Gasteiger partial charge is 0.194 e. The van der Waals surface area contributed by atoms with Crippen molar-refractivity contribution in [1.82, 2.24) is 15.4 Å². The minimum absolute atomic E-state index is 0.479. The average molecular weight is 351 g/mol. The Morgan fingerprint density at radius 1 is 1.40 bits per heavy atom. The molecule has 0 amide bonds. The van der Waals surface area contributed by atoms with Crippen LogP contribution in [-0.2, 0) is 11.3 Å². The predicted molar refractivity (Wildman–Crippen MR) is 101 cm³/mol. The third-order valence-electron chi connectivity index (χ3n) is 4.84. The second kappa shape index (κ2) is 10.4. The van der Waals surface area contributed by atoms with Crippen LogP contribution in [0.25, 0.3) is 0 Å². The van der Waals surface area contributed by atoms with Gasteiger partial charge in [-0.05, 0) is 33.1 Å². The quantitative estimate of drug-likeness (QED) is 0.546. The Balaban J connectivity index is 1.96. The Hall–Kier alpha value is -1.56. The molecule has 1 N–H and O–H groups in total. The summed E-state index contributed by atoms with van der Waals surface area (Å²) in [4.78, 5) is 7.09. The van der Waals surface area contributed by atoms with Crippen LogP contribution in [-0.4, -0.2) is 48.9 Å². The third-order valence-corrected chi connectivity index (χ3v) is 4.84. The molecule has 1 aliphatic heterocycles. The number of hydrogen-bond acceptors (Lipinski definition) is 4. The summed E-state index contributed by atoms with van der Waals surface area (Å²) < 4.78 is 11.1. The van der Waals surface area contributed by atoms with Crippen molar-refractivity contribution in [2.45, 2.75) is 59.4 Å². The van der Waals surface area contributed by atoms with Crippen LogP contribution in [0.5, 0.6) is 0 Å². The first-order valence-electron chi connectivity index (χ1n) is 9.78. The minimum Gasteiger partial charge on any atom is -0.381 e. The van der Waals surface area contributed by atoms with Crippen LogP contribution in [0.1, 0.15) is 64.3 Å². The van der Waals surface area contributed by atoms with Crippen LogP contribution >= 0.6 is 0 Å². The SMILES string of the molecule is CCNC(=NCc1cc(C(CC)CC)no1)N1CCC(COCC)C1. The molecule has 6 nitrogen and oxygen atoms in total. The first kappa shape index (κ1) is 19.8. The van der Waals surface area contributed by atoms with Crippen LogP contribution in [0.4, 0.5) is 0 Å². The molecular weight excluding hydrogens is 316 g/mol. The van der Waals surface area contributed by atoms with Crippen molar-refractivity contribution in [1.29, 1.82) is 0 Å². The van der Waals surface area contributed by atoms with Crippen LogP contribution in [0.15, 0.2) is 15.6 Å². The highest BCUT2D eigenvalue weighted by Crippen LogP contribution is 2.23. The average Bonchev–Trinajstić information content (AvgIpc) is 3.28. The second-order valence-electron chi connectivity index (χ2n) is 6.66. The van der Waals surface area contributed by atoms with Crippen LogP contribution < -0.4 is 5.32 Å². The van der Waals surface area contributed by atoms with E-state index in [4.69, 9.17) is 14.3 Å². The van der Waals surface area contributed by atoms with Crippen molar-refractivity contribution in [3.63, 3.8) is 0 Å². The van der Waals surface area contributed by atoms with Gasteiger partial charge in [0, 0.05) is 44.1 Å². The Morgan fingerprint density at radius 3 is 2.88 bits per heavy atom. The van der Waals surface area contributed by atoms with Crippen molar-refractivity contribution >= 4 is 5.96 Å². The normalized spacial score (nSPS) is 18.4. The number of nitrogens with zero attached hydrogens (tertiary/aromatic N) is 3. The molecule has 0 aromatic carbocycles. The maximum Gasteiger partial charge on any atom is 0.194 e. The van der Waals surface area contributed by atoms with Gasteiger partial charge in [-0.1, -0.05) is 19.0 Å². The van der Waals surface area contributed by atoms with E-state index in [1.165, 1.54) is 0 Å². The van der Waals surface area contributed by atoms with Gasteiger partial charge in [-0.2, -0.15) is 0 Å². The van der Waals surface area contributed by atoms with E-state index in [0.29, 0.717) is 18.4 Å². The van der Waals surface area contributed by atoms with E-state index in [1.54, 1.807) is 0 Å². The molecule has 142 valence electrons. The zero-order valence-corrected chi connectivity index (χ0v) is 16.3. The van der Waals surface area contributed by atoms with E-state index in [-0.39, 0.29) is 0 Å². The summed E-state index contributed by atoms with van der Waals surface area (Å²) >= 11 is 0. The van der Waals surface area contributed by atoms with Crippen LogP contribution in [0.3, 0.4) is 0 Å². The van der Waals surface area contributed by atoms with Gasteiger partial charge in [-0.25, -0.2) is 4.99 Å². The molecule has 0 aliphatic carbocycles. The molecule has 1 aromatic heterocycles. The Kier molecular flexibility index (Phi) is 8.25. The number of guanidine groups is 1. The highest BCUT2D eigenvalue weighted by molar-refractivity contribution is 5.80. The van der Waals surface area contributed by atoms with Crippen LogP contribution in [0, 0.1) is 5.92 Å². The van der Waals surface area contributed by atoms with Crippen molar-refractivity contribution in [3.8, 4) is 0 Å². The monoisotopic (exact) mass is 350 g/mol. The molecule has 0 spiro atoms. The Labute approximate surface area is 152 Å². The molecule has 2 heterocycles. The maximum absolute atomic E-state index is 5.57. The lowest BCUT2D eigenvalue weighted by Gasteiger charge is -2.21. The second-order valence-corrected chi connectivity index (χ2v) is 6.66. The number of rotatable bonds is 9. The number of likely N-dealkylation sites (tertiary alicyclic amines) is 1. The number of hydrogen-bond donors (Lipinski definition) is 1. The molecule has 1 aliphatic rings. The zero-order chi connectivity index (χ0) is 18.1. The Morgan fingerprint density at radius 2 is 2.20 bits per heavy atom. The summed E-state index contributed by atoms with van der Waals surface area (Å²) in [6.07, 6.45) is 3.33. The van der Waals surface area contributed by atoms with E-state index in [0.717, 1.165) is 69.5 Å². The van der Waals surface area contributed by atoms with Gasteiger partial charge in [0.1, 0.15) is 6.54 Å². The molecular formula is C19H34N4O2. The molecule has 1 aromatic rings. The fourth-order valence-corrected chi connectivity index (χ4v) is 3.33. The maximum atomic E-state index is 5.57. The fourth-order valence-electron chi connectivity index (χ4n) is 3.33. The first-order chi connectivity index (χ1) is 12.2. The number of nitrogens with one attached hydrogen (secondary N) is 1. The van der Waals surface area contributed by atoms with E-state index >= 15 is 0 Å². The zero-order valence-electron chi connectivity index (χ0n) is 16.3. The van der Waals surface area contributed by atoms with Gasteiger partial charge in [-0.3, -0.25) is 0 Å². The van der Waals surface area contributed by atoms with Gasteiger partial charge >= 0.3 is 0 Å². The summed E-state index contributed by atoms with van der Waals surface area (Å²) in [5.74, 6) is 2.87. The van der Waals surface area contributed by atoms with Crippen molar-refractivity contribution in [2.75, 3.05) is 32.8 Å². The highest BCUT2D eigenvalue weighted by atomic mass is 16.5. The largest absolute Gasteiger partial charge is 0.381 e. The van der Waals surface area contributed by atoms with Gasteiger partial charge < -0.3 is 19.5 Å². The molecule has 0 bridgehead atoms. The molecule has 1 atom stereocenters. The summed E-state index contributed by atoms with van der Waals surface area (Å²) in [5.41, 5.74) is 1.05. The molecule has 1 unspecified atom stereocenters. The van der Waals surface area contributed by atoms with E-state index in [2.05, 4.69) is 42.2 Å². The van der Waals surface area contributed by atoms with Crippen molar-refractivity contribution < 1.29 is 9.26 Å². The molecule has 25 heavy (non-hydrogen) atoms. The molecule has 1 saturated heterocycles. The third kappa shape index (κ3) is 5.73. The van der Waals surface area contributed by atoms with Crippen LogP contribution in [0.2, 0.25) is 0 Å². The number of aliphatic imine (C=N–C) groups is 1. The molecule has 2 rings (SSSR count). The number of ether oxygens (including phenoxy) is 1.